The Balaban J connectivity index is 3.05. The first-order valence-electron chi connectivity index (χ1n) is 9.04. The van der Waals surface area contributed by atoms with E-state index in [1.807, 2.05) is 0 Å². The summed E-state index contributed by atoms with van der Waals surface area (Å²) in [7, 11) is -7.60. The summed E-state index contributed by atoms with van der Waals surface area (Å²) in [5.41, 5.74) is -0.235. The molecule has 0 aromatic rings. The molecule has 23 heavy (non-hydrogen) atoms. The Kier molecular flexibility index (Phi) is 8.86. The van der Waals surface area contributed by atoms with Crippen molar-refractivity contribution in [1.82, 2.24) is 0 Å². The van der Waals surface area contributed by atoms with E-state index in [4.69, 9.17) is 21.2 Å². The number of hydrogen-bond acceptors (Lipinski definition) is 5. The van der Waals surface area contributed by atoms with Gasteiger partial charge in [0.2, 0.25) is 0 Å². The molecule has 0 aromatic carbocycles. The number of ether oxygens (including phenoxy) is 1. The van der Waals surface area contributed by atoms with Gasteiger partial charge in [-0.25, -0.2) is 0 Å². The van der Waals surface area contributed by atoms with Crippen molar-refractivity contribution in [2.75, 3.05) is 0 Å². The predicted molar refractivity (Wildman–Crippen MR) is 104 cm³/mol. The van der Waals surface area contributed by atoms with Crippen LogP contribution in [-0.2, 0) is 21.2 Å². The van der Waals surface area contributed by atoms with Crippen molar-refractivity contribution in [2.24, 2.45) is 0 Å². The zero-order valence-electron chi connectivity index (χ0n) is 16.2. The maximum atomic E-state index is 6.65. The van der Waals surface area contributed by atoms with Gasteiger partial charge in [-0.05, 0) is 51.9 Å². The zero-order chi connectivity index (χ0) is 17.7. The van der Waals surface area contributed by atoms with Crippen LogP contribution < -0.4 is 0 Å². The van der Waals surface area contributed by atoms with Crippen molar-refractivity contribution in [3.05, 3.63) is 0 Å². The summed E-state index contributed by atoms with van der Waals surface area (Å²) in [6, 6.07) is 3.76. The van der Waals surface area contributed by atoms with Gasteiger partial charge in [-0.2, -0.15) is 0 Å². The Bertz CT molecular complexity index is 337. The number of hydrogen-bond donors (Lipinski definition) is 0. The van der Waals surface area contributed by atoms with Crippen LogP contribution in [-0.4, -0.2) is 47.7 Å². The van der Waals surface area contributed by atoms with Crippen LogP contribution >= 0.6 is 0 Å². The van der Waals surface area contributed by atoms with Gasteiger partial charge in [-0.15, -0.1) is 0 Å². The second-order valence-electron chi connectivity index (χ2n) is 7.06. The number of rotatable bonds is 6. The summed E-state index contributed by atoms with van der Waals surface area (Å²) < 4.78 is 32.2. The average molecular weight is 397 g/mol. The molecule has 5 nitrogen and oxygen atoms in total. The normalized spacial score (nSPS) is 34.7. The SMILES string of the molecule is CC[SiH]1O[SiH](CC)O[Si](CC)(C(C)OC(C)(C)C)O[SiH](CC)O1. The van der Waals surface area contributed by atoms with Crippen LogP contribution in [0.4, 0.5) is 0 Å². The van der Waals surface area contributed by atoms with Crippen LogP contribution in [0.5, 0.6) is 0 Å². The first-order chi connectivity index (χ1) is 10.7. The molecule has 0 radical (unpaired) electrons. The quantitative estimate of drug-likeness (QED) is 0.646. The lowest BCUT2D eigenvalue weighted by molar-refractivity contribution is -0.0340. The van der Waals surface area contributed by atoms with Gasteiger partial charge < -0.3 is 21.2 Å². The molecule has 0 aromatic heterocycles. The fourth-order valence-corrected chi connectivity index (χ4v) is 20.4. The summed E-state index contributed by atoms with van der Waals surface area (Å²) in [6.07, 6.45) is 0. The van der Waals surface area contributed by atoms with E-state index < -0.39 is 36.4 Å². The highest BCUT2D eigenvalue weighted by atomic mass is 28.5. The minimum absolute atomic E-state index is 0.0253. The lowest BCUT2D eigenvalue weighted by Crippen LogP contribution is -2.62. The summed E-state index contributed by atoms with van der Waals surface area (Å²) >= 11 is 0. The van der Waals surface area contributed by atoms with Crippen molar-refractivity contribution in [1.29, 1.82) is 0 Å². The first kappa shape index (κ1) is 21.7. The smallest absolute Gasteiger partial charge is 0.349 e. The van der Waals surface area contributed by atoms with E-state index in [1.165, 1.54) is 0 Å². The van der Waals surface area contributed by atoms with E-state index in [0.717, 1.165) is 24.2 Å². The Labute approximate surface area is 148 Å². The van der Waals surface area contributed by atoms with E-state index >= 15 is 0 Å². The molecular formula is C14H36O5Si4. The average Bonchev–Trinajstić information content (AvgIpc) is 2.46. The van der Waals surface area contributed by atoms with Gasteiger partial charge in [0.1, 0.15) is 0 Å². The Morgan fingerprint density at radius 1 is 0.870 bits per heavy atom. The summed E-state index contributed by atoms with van der Waals surface area (Å²) in [5, 5.41) is 0. The van der Waals surface area contributed by atoms with E-state index in [0.29, 0.717) is 0 Å². The molecular weight excluding hydrogens is 360 g/mol. The molecule has 0 aliphatic carbocycles. The molecule has 3 unspecified atom stereocenters. The Morgan fingerprint density at radius 2 is 1.30 bits per heavy atom. The van der Waals surface area contributed by atoms with E-state index in [9.17, 15) is 0 Å². The van der Waals surface area contributed by atoms with Crippen molar-refractivity contribution < 1.29 is 21.2 Å². The summed E-state index contributed by atoms with van der Waals surface area (Å²) in [6.45, 7) is 17.0. The third-order valence-corrected chi connectivity index (χ3v) is 18.4. The minimum atomic E-state index is -2.49. The molecule has 138 valence electrons. The van der Waals surface area contributed by atoms with E-state index in [2.05, 4.69) is 55.4 Å². The molecule has 0 N–H and O–H groups in total. The molecule has 1 saturated heterocycles. The molecule has 1 aliphatic heterocycles. The van der Waals surface area contributed by atoms with Gasteiger partial charge >= 0.3 is 36.4 Å². The molecule has 0 amide bonds. The third kappa shape index (κ3) is 6.48. The molecule has 0 spiro atoms. The molecule has 0 bridgehead atoms. The highest BCUT2D eigenvalue weighted by Gasteiger charge is 2.50. The monoisotopic (exact) mass is 396 g/mol. The van der Waals surface area contributed by atoms with Gasteiger partial charge in [-0.3, -0.25) is 0 Å². The maximum absolute atomic E-state index is 6.65. The lowest BCUT2D eigenvalue weighted by atomic mass is 10.2. The van der Waals surface area contributed by atoms with Crippen molar-refractivity contribution in [2.45, 2.75) is 90.9 Å². The molecule has 9 heteroatoms. The van der Waals surface area contributed by atoms with Crippen molar-refractivity contribution in [3.63, 3.8) is 0 Å². The largest absolute Gasteiger partial charge is 0.420 e. The van der Waals surface area contributed by atoms with Gasteiger partial charge in [-0.1, -0.05) is 27.7 Å². The fourth-order valence-electron chi connectivity index (χ4n) is 2.72. The van der Waals surface area contributed by atoms with E-state index in [-0.39, 0.29) is 11.3 Å². The Morgan fingerprint density at radius 3 is 1.61 bits per heavy atom. The second kappa shape index (κ2) is 9.39. The minimum Gasteiger partial charge on any atom is -0.420 e. The molecule has 0 saturated carbocycles. The van der Waals surface area contributed by atoms with Crippen molar-refractivity contribution >= 4 is 36.4 Å². The van der Waals surface area contributed by atoms with Crippen LogP contribution in [0, 0.1) is 0 Å². The lowest BCUT2D eigenvalue weighted by Gasteiger charge is -2.44. The highest BCUT2D eigenvalue weighted by Crippen LogP contribution is 2.29. The molecule has 1 rings (SSSR count). The second-order valence-corrected chi connectivity index (χ2v) is 19.3. The topological polar surface area (TPSA) is 46.2 Å². The highest BCUT2D eigenvalue weighted by molar-refractivity contribution is 6.83. The van der Waals surface area contributed by atoms with Crippen LogP contribution in [0.3, 0.4) is 0 Å². The van der Waals surface area contributed by atoms with Crippen LogP contribution in [0.25, 0.3) is 0 Å². The Hall–Kier alpha value is 0.668. The summed E-state index contributed by atoms with van der Waals surface area (Å²) in [4.78, 5) is 0. The van der Waals surface area contributed by atoms with E-state index in [1.54, 1.807) is 0 Å². The standard InChI is InChI=1S/C14H36O5Si4/c1-9-20-16-21(10-2)18-23(12-4,19-22(11-3)17-20)13(5)15-14(6,7)8/h13,20-22H,9-12H2,1-8H3. The fraction of sp³-hybridized carbons (Fsp3) is 1.00. The predicted octanol–water partition coefficient (Wildman–Crippen LogP) is 2.99. The van der Waals surface area contributed by atoms with Gasteiger partial charge in [0.05, 0.1) is 11.3 Å². The van der Waals surface area contributed by atoms with Crippen LogP contribution in [0.1, 0.15) is 55.4 Å². The third-order valence-electron chi connectivity index (χ3n) is 3.91. The van der Waals surface area contributed by atoms with Gasteiger partial charge in [0.15, 0.2) is 0 Å². The molecule has 1 heterocycles. The van der Waals surface area contributed by atoms with Crippen LogP contribution in [0.2, 0.25) is 24.2 Å². The van der Waals surface area contributed by atoms with Crippen LogP contribution in [0.15, 0.2) is 0 Å². The summed E-state index contributed by atoms with van der Waals surface area (Å²) in [5.74, 6) is 0. The first-order valence-corrected chi connectivity index (χ1v) is 16.4. The molecule has 3 atom stereocenters. The van der Waals surface area contributed by atoms with Gasteiger partial charge in [0, 0.05) is 0 Å². The zero-order valence-corrected chi connectivity index (χ0v) is 20.6. The maximum Gasteiger partial charge on any atom is 0.349 e. The molecule has 1 fully saturated rings. The van der Waals surface area contributed by atoms with Crippen molar-refractivity contribution in [3.8, 4) is 0 Å². The molecule has 1 aliphatic rings. The van der Waals surface area contributed by atoms with Gasteiger partial charge in [0.25, 0.3) is 0 Å².